The van der Waals surface area contributed by atoms with Gasteiger partial charge in [0.1, 0.15) is 17.3 Å². The summed E-state index contributed by atoms with van der Waals surface area (Å²) in [6.07, 6.45) is 0. The zero-order chi connectivity index (χ0) is 14.9. The van der Waals surface area contributed by atoms with E-state index in [9.17, 15) is 13.6 Å². The summed E-state index contributed by atoms with van der Waals surface area (Å²) < 4.78 is 26.7. The lowest BCUT2D eigenvalue weighted by Crippen LogP contribution is -2.14. The Labute approximate surface area is 115 Å². The van der Waals surface area contributed by atoms with Gasteiger partial charge in [0.05, 0.1) is 0 Å². The Kier molecular flexibility index (Phi) is 3.70. The quantitative estimate of drug-likeness (QED) is 0.826. The van der Waals surface area contributed by atoms with Crippen LogP contribution in [0.25, 0.3) is 0 Å². The summed E-state index contributed by atoms with van der Waals surface area (Å²) in [5.74, 6) is -2.48. The van der Waals surface area contributed by atoms with Crippen molar-refractivity contribution in [1.29, 1.82) is 0 Å². The van der Waals surface area contributed by atoms with Crippen molar-refractivity contribution < 1.29 is 13.6 Å². The molecular weight excluding hydrogens is 262 g/mol. The molecule has 5 heteroatoms. The highest BCUT2D eigenvalue weighted by Gasteiger charge is 2.14. The van der Waals surface area contributed by atoms with Crippen molar-refractivity contribution in [3.05, 3.63) is 58.7 Å². The van der Waals surface area contributed by atoms with Crippen molar-refractivity contribution in [2.45, 2.75) is 13.8 Å². The van der Waals surface area contributed by atoms with E-state index in [-0.39, 0.29) is 5.56 Å². The first-order valence-corrected chi connectivity index (χ1v) is 6.02. The molecule has 20 heavy (non-hydrogen) atoms. The normalized spacial score (nSPS) is 10.4. The lowest BCUT2D eigenvalue weighted by molar-refractivity contribution is 0.102. The fourth-order valence-corrected chi connectivity index (χ4v) is 1.80. The van der Waals surface area contributed by atoms with E-state index < -0.39 is 23.2 Å². The molecule has 2 aromatic carbocycles. The highest BCUT2D eigenvalue weighted by atomic mass is 19.1. The molecule has 0 saturated heterocycles. The van der Waals surface area contributed by atoms with Crippen LogP contribution in [0.4, 0.5) is 20.2 Å². The van der Waals surface area contributed by atoms with Gasteiger partial charge in [0.2, 0.25) is 0 Å². The van der Waals surface area contributed by atoms with Crippen molar-refractivity contribution >= 4 is 17.3 Å². The number of rotatable bonds is 2. The number of carbonyl (C=O) groups is 1. The number of carbonyl (C=O) groups excluding carboxylic acids is 1. The third-order valence-electron chi connectivity index (χ3n) is 3.19. The van der Waals surface area contributed by atoms with Crippen LogP contribution in [0.5, 0.6) is 0 Å². The Bertz CT molecular complexity index is 661. The van der Waals surface area contributed by atoms with E-state index in [4.69, 9.17) is 5.73 Å². The number of halogens is 2. The molecule has 0 aliphatic rings. The molecule has 0 fully saturated rings. The van der Waals surface area contributed by atoms with Gasteiger partial charge in [0, 0.05) is 11.3 Å². The minimum Gasteiger partial charge on any atom is -0.394 e. The third kappa shape index (κ3) is 2.61. The molecule has 2 aromatic rings. The zero-order valence-electron chi connectivity index (χ0n) is 11.1. The summed E-state index contributed by atoms with van der Waals surface area (Å²) >= 11 is 0. The smallest absolute Gasteiger partial charge is 0.255 e. The van der Waals surface area contributed by atoms with Crippen molar-refractivity contribution in [1.82, 2.24) is 0 Å². The molecule has 0 bridgehead atoms. The maximum atomic E-state index is 13.3. The molecule has 0 atom stereocenters. The van der Waals surface area contributed by atoms with E-state index in [0.29, 0.717) is 5.69 Å². The number of benzene rings is 2. The van der Waals surface area contributed by atoms with E-state index in [0.717, 1.165) is 23.3 Å². The molecule has 104 valence electrons. The molecule has 0 heterocycles. The summed E-state index contributed by atoms with van der Waals surface area (Å²) in [4.78, 5) is 12.0. The minimum absolute atomic E-state index is 0.116. The average molecular weight is 276 g/mol. The van der Waals surface area contributed by atoms with E-state index >= 15 is 0 Å². The summed E-state index contributed by atoms with van der Waals surface area (Å²) in [5, 5.41) is 2.63. The lowest BCUT2D eigenvalue weighted by Gasteiger charge is -2.11. The van der Waals surface area contributed by atoms with Gasteiger partial charge in [-0.2, -0.15) is 0 Å². The molecular formula is C15H14F2N2O. The molecule has 1 amide bonds. The van der Waals surface area contributed by atoms with E-state index in [1.54, 1.807) is 12.1 Å². The van der Waals surface area contributed by atoms with Crippen LogP contribution in [0.2, 0.25) is 0 Å². The number of hydrogen-bond acceptors (Lipinski definition) is 2. The lowest BCUT2D eigenvalue weighted by atomic mass is 10.1. The maximum absolute atomic E-state index is 13.3. The van der Waals surface area contributed by atoms with Crippen LogP contribution >= 0.6 is 0 Å². The van der Waals surface area contributed by atoms with E-state index in [2.05, 4.69) is 5.32 Å². The van der Waals surface area contributed by atoms with Gasteiger partial charge in [0.25, 0.3) is 5.91 Å². The van der Waals surface area contributed by atoms with Crippen molar-refractivity contribution in [3.63, 3.8) is 0 Å². The molecule has 3 nitrogen and oxygen atoms in total. The Balaban J connectivity index is 2.31. The van der Waals surface area contributed by atoms with Crippen LogP contribution in [0, 0.1) is 25.5 Å². The Hall–Kier alpha value is -2.43. The topological polar surface area (TPSA) is 55.1 Å². The number of nitrogens with two attached hydrogens (primary N) is 1. The number of anilines is 2. The first-order valence-electron chi connectivity index (χ1n) is 6.02. The predicted octanol–water partition coefficient (Wildman–Crippen LogP) is 3.42. The largest absolute Gasteiger partial charge is 0.394 e. The van der Waals surface area contributed by atoms with Crippen molar-refractivity contribution in [2.75, 3.05) is 11.1 Å². The van der Waals surface area contributed by atoms with E-state index in [1.807, 2.05) is 19.9 Å². The molecule has 0 saturated carbocycles. The van der Waals surface area contributed by atoms with Crippen LogP contribution in [0.1, 0.15) is 21.5 Å². The molecule has 0 aliphatic heterocycles. The van der Waals surface area contributed by atoms with Gasteiger partial charge in [-0.1, -0.05) is 12.1 Å². The van der Waals surface area contributed by atoms with Gasteiger partial charge in [-0.05, 0) is 43.2 Å². The fraction of sp³-hybridized carbons (Fsp3) is 0.133. The standard InChI is InChI=1S/C15H14F2N2O/c1-8-4-3-5-13(9(8)2)19-15(20)10-6-11(16)14(18)12(17)7-10/h3-7H,18H2,1-2H3,(H,19,20). The average Bonchev–Trinajstić information content (AvgIpc) is 2.40. The number of amides is 1. The summed E-state index contributed by atoms with van der Waals surface area (Å²) in [6.45, 7) is 3.77. The van der Waals surface area contributed by atoms with Gasteiger partial charge in [-0.15, -0.1) is 0 Å². The summed E-state index contributed by atoms with van der Waals surface area (Å²) in [6, 6.07) is 7.26. The van der Waals surface area contributed by atoms with Crippen LogP contribution in [-0.2, 0) is 0 Å². The monoisotopic (exact) mass is 276 g/mol. The molecule has 0 unspecified atom stereocenters. The number of nitrogen functional groups attached to an aromatic ring is 1. The highest BCUT2D eigenvalue weighted by molar-refractivity contribution is 6.04. The van der Waals surface area contributed by atoms with Gasteiger partial charge in [-0.25, -0.2) is 8.78 Å². The number of hydrogen-bond donors (Lipinski definition) is 2. The minimum atomic E-state index is -0.948. The SMILES string of the molecule is Cc1cccc(NC(=O)c2cc(F)c(N)c(F)c2)c1C. The van der Waals surface area contributed by atoms with Crippen LogP contribution < -0.4 is 11.1 Å². The first kappa shape index (κ1) is 14.0. The van der Waals surface area contributed by atoms with Gasteiger partial charge in [0.15, 0.2) is 0 Å². The molecule has 0 aliphatic carbocycles. The number of aryl methyl sites for hydroxylation is 1. The van der Waals surface area contributed by atoms with Crippen molar-refractivity contribution in [3.8, 4) is 0 Å². The molecule has 0 aromatic heterocycles. The number of nitrogens with one attached hydrogen (secondary N) is 1. The second kappa shape index (κ2) is 5.28. The fourth-order valence-electron chi connectivity index (χ4n) is 1.80. The zero-order valence-corrected chi connectivity index (χ0v) is 11.1. The maximum Gasteiger partial charge on any atom is 0.255 e. The second-order valence-corrected chi connectivity index (χ2v) is 4.56. The second-order valence-electron chi connectivity index (χ2n) is 4.56. The Morgan fingerprint density at radius 2 is 1.75 bits per heavy atom. The van der Waals surface area contributed by atoms with Crippen LogP contribution in [0.15, 0.2) is 30.3 Å². The van der Waals surface area contributed by atoms with Crippen LogP contribution in [-0.4, -0.2) is 5.91 Å². The predicted molar refractivity (Wildman–Crippen MR) is 74.6 cm³/mol. The summed E-state index contributed by atoms with van der Waals surface area (Å²) in [7, 11) is 0. The van der Waals surface area contributed by atoms with Crippen molar-refractivity contribution in [2.24, 2.45) is 0 Å². The molecule has 0 radical (unpaired) electrons. The highest BCUT2D eigenvalue weighted by Crippen LogP contribution is 2.21. The molecule has 3 N–H and O–H groups in total. The first-order chi connectivity index (χ1) is 9.40. The van der Waals surface area contributed by atoms with Gasteiger partial charge >= 0.3 is 0 Å². The van der Waals surface area contributed by atoms with Gasteiger partial charge in [-0.3, -0.25) is 4.79 Å². The summed E-state index contributed by atoms with van der Waals surface area (Å²) in [5.41, 5.74) is 6.98. The molecule has 2 rings (SSSR count). The molecule has 0 spiro atoms. The Morgan fingerprint density at radius 3 is 2.35 bits per heavy atom. The van der Waals surface area contributed by atoms with Crippen LogP contribution in [0.3, 0.4) is 0 Å². The van der Waals surface area contributed by atoms with E-state index in [1.165, 1.54) is 0 Å². The Morgan fingerprint density at radius 1 is 1.15 bits per heavy atom. The van der Waals surface area contributed by atoms with Gasteiger partial charge < -0.3 is 11.1 Å². The third-order valence-corrected chi connectivity index (χ3v) is 3.19.